The molecular formula is C6H14N2O4S. The molecule has 0 fully saturated rings. The molecule has 0 radical (unpaired) electrons. The van der Waals surface area contributed by atoms with E-state index in [-0.39, 0.29) is 12.4 Å². The average molecular weight is 210 g/mol. The Hall–Kier alpha value is -0.660. The molecule has 1 atom stereocenters. The van der Waals surface area contributed by atoms with E-state index in [0.29, 0.717) is 0 Å². The van der Waals surface area contributed by atoms with Crippen LogP contribution < -0.4 is 10.5 Å². The van der Waals surface area contributed by atoms with Gasteiger partial charge >= 0.3 is 0 Å². The van der Waals surface area contributed by atoms with Crippen LogP contribution in [0.15, 0.2) is 0 Å². The van der Waals surface area contributed by atoms with Gasteiger partial charge in [-0.2, -0.15) is 0 Å². The maximum Gasteiger partial charge on any atom is 0.252 e. The Bertz CT molecular complexity index is 262. The van der Waals surface area contributed by atoms with Crippen LogP contribution >= 0.6 is 0 Å². The summed E-state index contributed by atoms with van der Waals surface area (Å²) in [6.07, 6.45) is 0. The number of carbonyl (C=O) groups is 1. The first-order valence-corrected chi connectivity index (χ1v) is 5.37. The highest BCUT2D eigenvalue weighted by molar-refractivity contribution is 7.90. The Morgan fingerprint density at radius 2 is 2.15 bits per heavy atom. The molecule has 0 aliphatic heterocycles. The van der Waals surface area contributed by atoms with Crippen LogP contribution in [0.5, 0.6) is 0 Å². The second kappa shape index (κ2) is 5.15. The maximum atomic E-state index is 11.0. The van der Waals surface area contributed by atoms with E-state index in [1.165, 1.54) is 14.0 Å². The van der Waals surface area contributed by atoms with Crippen LogP contribution in [-0.4, -0.2) is 39.8 Å². The van der Waals surface area contributed by atoms with Crippen molar-refractivity contribution in [2.45, 2.75) is 13.0 Å². The van der Waals surface area contributed by atoms with E-state index in [1.807, 2.05) is 4.72 Å². The number of hydrogen-bond donors (Lipinski definition) is 2. The first-order chi connectivity index (χ1) is 5.93. The summed E-state index contributed by atoms with van der Waals surface area (Å²) in [4.78, 5) is 11.0. The molecule has 13 heavy (non-hydrogen) atoms. The number of hydrogen-bond acceptors (Lipinski definition) is 5. The molecule has 0 aromatic heterocycles. The van der Waals surface area contributed by atoms with Gasteiger partial charge < -0.3 is 10.5 Å². The molecular weight excluding hydrogens is 196 g/mol. The Morgan fingerprint density at radius 1 is 1.62 bits per heavy atom. The van der Waals surface area contributed by atoms with E-state index in [1.54, 1.807) is 0 Å². The van der Waals surface area contributed by atoms with Crippen LogP contribution in [0, 0.1) is 0 Å². The number of methoxy groups -OCH3 is 1. The Kier molecular flexibility index (Phi) is 4.89. The van der Waals surface area contributed by atoms with Crippen LogP contribution in [0.3, 0.4) is 0 Å². The summed E-state index contributed by atoms with van der Waals surface area (Å²) in [5.41, 5.74) is 5.29. The van der Waals surface area contributed by atoms with Gasteiger partial charge in [-0.25, -0.2) is 8.42 Å². The molecule has 0 aromatic carbocycles. The molecule has 0 rings (SSSR count). The van der Waals surface area contributed by atoms with Crippen molar-refractivity contribution in [3.05, 3.63) is 0 Å². The largest absolute Gasteiger partial charge is 0.383 e. The van der Waals surface area contributed by atoms with E-state index in [9.17, 15) is 13.2 Å². The third kappa shape index (κ3) is 4.81. The molecule has 6 nitrogen and oxygen atoms in total. The smallest absolute Gasteiger partial charge is 0.252 e. The molecule has 0 aromatic rings. The van der Waals surface area contributed by atoms with Gasteiger partial charge in [-0.3, -0.25) is 9.52 Å². The fraction of sp³-hybridized carbons (Fsp3) is 0.833. The van der Waals surface area contributed by atoms with Crippen molar-refractivity contribution in [3.8, 4) is 0 Å². The number of nitrogens with two attached hydrogens (primary N) is 1. The number of nitrogens with one attached hydrogen (secondary N) is 1. The predicted octanol–water partition coefficient (Wildman–Crippen LogP) is -1.57. The summed E-state index contributed by atoms with van der Waals surface area (Å²) in [6, 6.07) is -0.952. The van der Waals surface area contributed by atoms with E-state index in [4.69, 9.17) is 5.73 Å². The van der Waals surface area contributed by atoms with Gasteiger partial charge in [0.15, 0.2) is 0 Å². The average Bonchev–Trinajstić information content (AvgIpc) is 2.04. The third-order valence-electron chi connectivity index (χ3n) is 1.32. The van der Waals surface area contributed by atoms with Crippen LogP contribution in [0.25, 0.3) is 0 Å². The van der Waals surface area contributed by atoms with Crippen molar-refractivity contribution in [1.82, 2.24) is 4.72 Å². The molecule has 0 spiro atoms. The minimum Gasteiger partial charge on any atom is -0.383 e. The van der Waals surface area contributed by atoms with E-state index in [2.05, 4.69) is 4.74 Å². The van der Waals surface area contributed by atoms with Crippen molar-refractivity contribution >= 4 is 15.9 Å². The second-order valence-electron chi connectivity index (χ2n) is 2.43. The first kappa shape index (κ1) is 12.3. The highest BCUT2D eigenvalue weighted by Crippen LogP contribution is 1.86. The number of amides is 1. The fourth-order valence-corrected chi connectivity index (χ4v) is 1.16. The SMILES string of the molecule is CCS(=O)(=O)NC(=O)C(N)COC. The zero-order valence-corrected chi connectivity index (χ0v) is 8.43. The quantitative estimate of drug-likeness (QED) is 0.571. The summed E-state index contributed by atoms with van der Waals surface area (Å²) in [5, 5.41) is 0. The molecule has 0 aliphatic rings. The molecule has 0 heterocycles. The van der Waals surface area contributed by atoms with E-state index < -0.39 is 22.0 Å². The monoisotopic (exact) mass is 210 g/mol. The first-order valence-electron chi connectivity index (χ1n) is 3.71. The molecule has 78 valence electrons. The predicted molar refractivity (Wildman–Crippen MR) is 47.5 cm³/mol. The lowest BCUT2D eigenvalue weighted by Gasteiger charge is -2.10. The van der Waals surface area contributed by atoms with Gasteiger partial charge in [0, 0.05) is 7.11 Å². The number of ether oxygens (including phenoxy) is 1. The summed E-state index contributed by atoms with van der Waals surface area (Å²) >= 11 is 0. The number of rotatable bonds is 5. The summed E-state index contributed by atoms with van der Waals surface area (Å²) < 4.78 is 28.2. The zero-order chi connectivity index (χ0) is 10.5. The molecule has 7 heteroatoms. The Balaban J connectivity index is 4.16. The van der Waals surface area contributed by atoms with Gasteiger partial charge in [-0.05, 0) is 6.92 Å². The molecule has 1 unspecified atom stereocenters. The van der Waals surface area contributed by atoms with Gasteiger partial charge in [0.1, 0.15) is 6.04 Å². The number of sulfonamides is 1. The van der Waals surface area contributed by atoms with E-state index in [0.717, 1.165) is 0 Å². The van der Waals surface area contributed by atoms with Crippen LogP contribution in [-0.2, 0) is 19.6 Å². The molecule has 0 aliphatic carbocycles. The highest BCUT2D eigenvalue weighted by Gasteiger charge is 2.18. The Labute approximate surface area is 77.5 Å². The molecule has 0 bridgehead atoms. The van der Waals surface area contributed by atoms with Crippen molar-refractivity contribution in [1.29, 1.82) is 0 Å². The van der Waals surface area contributed by atoms with Crippen molar-refractivity contribution in [2.75, 3.05) is 19.5 Å². The lowest BCUT2D eigenvalue weighted by Crippen LogP contribution is -2.46. The second-order valence-corrected chi connectivity index (χ2v) is 4.44. The highest BCUT2D eigenvalue weighted by atomic mass is 32.2. The fourth-order valence-electron chi connectivity index (χ4n) is 0.556. The van der Waals surface area contributed by atoms with Crippen molar-refractivity contribution in [2.24, 2.45) is 5.73 Å². The zero-order valence-electron chi connectivity index (χ0n) is 7.61. The summed E-state index contributed by atoms with van der Waals surface area (Å²) in [7, 11) is -2.14. The molecule has 1 amide bonds. The van der Waals surface area contributed by atoms with Crippen molar-refractivity contribution in [3.63, 3.8) is 0 Å². The van der Waals surface area contributed by atoms with Gasteiger partial charge in [0.05, 0.1) is 12.4 Å². The van der Waals surface area contributed by atoms with Gasteiger partial charge in [0.2, 0.25) is 10.0 Å². The lowest BCUT2D eigenvalue weighted by molar-refractivity contribution is -0.121. The summed E-state index contributed by atoms with van der Waals surface area (Å²) in [6.45, 7) is 1.42. The molecule has 0 saturated carbocycles. The number of carbonyl (C=O) groups excluding carboxylic acids is 1. The van der Waals surface area contributed by atoms with Crippen LogP contribution in [0.4, 0.5) is 0 Å². The minimum absolute atomic E-state index is 0.00886. The normalized spacial score (nSPS) is 13.8. The summed E-state index contributed by atoms with van der Waals surface area (Å²) in [5.74, 6) is -0.901. The van der Waals surface area contributed by atoms with Gasteiger partial charge in [-0.15, -0.1) is 0 Å². The molecule has 0 saturated heterocycles. The topological polar surface area (TPSA) is 98.5 Å². The van der Waals surface area contributed by atoms with Crippen LogP contribution in [0.2, 0.25) is 0 Å². The molecule has 3 N–H and O–H groups in total. The third-order valence-corrected chi connectivity index (χ3v) is 2.59. The van der Waals surface area contributed by atoms with Gasteiger partial charge in [-0.1, -0.05) is 0 Å². The van der Waals surface area contributed by atoms with Crippen molar-refractivity contribution < 1.29 is 17.9 Å². The lowest BCUT2D eigenvalue weighted by atomic mass is 10.3. The minimum atomic E-state index is -3.52. The maximum absolute atomic E-state index is 11.0. The van der Waals surface area contributed by atoms with Crippen LogP contribution in [0.1, 0.15) is 6.92 Å². The Morgan fingerprint density at radius 3 is 2.54 bits per heavy atom. The van der Waals surface area contributed by atoms with Gasteiger partial charge in [0.25, 0.3) is 5.91 Å². The van der Waals surface area contributed by atoms with E-state index >= 15 is 0 Å². The standard InChI is InChI=1S/C6H14N2O4S/c1-3-13(10,11)8-6(9)5(7)4-12-2/h5H,3-4,7H2,1-2H3,(H,8,9).